The molecule has 0 saturated carbocycles. The lowest BCUT2D eigenvalue weighted by atomic mass is 10.0. The van der Waals surface area contributed by atoms with Gasteiger partial charge in [0.05, 0.1) is 11.7 Å². The van der Waals surface area contributed by atoms with Crippen LogP contribution in [0.25, 0.3) is 0 Å². The second-order valence-electron chi connectivity index (χ2n) is 4.52. The molecule has 1 unspecified atom stereocenters. The third-order valence-corrected chi connectivity index (χ3v) is 4.24. The van der Waals surface area contributed by atoms with Crippen LogP contribution in [-0.4, -0.2) is 18.2 Å². The molecule has 1 atom stereocenters. The third-order valence-electron chi connectivity index (χ3n) is 3.18. The Balaban J connectivity index is 1.99. The van der Waals surface area contributed by atoms with Gasteiger partial charge in [0.1, 0.15) is 13.2 Å². The molecule has 2 heterocycles. The monoisotopic (exact) mass is 413 g/mol. The van der Waals surface area contributed by atoms with Gasteiger partial charge in [0, 0.05) is 15.1 Å². The molecule has 5 nitrogen and oxygen atoms in total. The Morgan fingerprint density at radius 3 is 2.62 bits per heavy atom. The van der Waals surface area contributed by atoms with Crippen LogP contribution in [0.2, 0.25) is 0 Å². The number of ether oxygens (including phenoxy) is 2. The molecule has 0 spiro atoms. The summed E-state index contributed by atoms with van der Waals surface area (Å²) in [5.41, 5.74) is 4.56. The number of nitrogens with zero attached hydrogens (tertiary/aromatic N) is 1. The van der Waals surface area contributed by atoms with Gasteiger partial charge in [-0.15, -0.1) is 0 Å². The summed E-state index contributed by atoms with van der Waals surface area (Å²) in [7, 11) is 0. The zero-order chi connectivity index (χ0) is 14.8. The standard InChI is InChI=1S/C14H13Br2N3O2/c15-9-6-10(16)14(18-7-9)13(19-17)8-1-2-11-12(5-8)21-4-3-20-11/h1-2,5-7,13,19H,3-4,17H2. The van der Waals surface area contributed by atoms with Crippen molar-refractivity contribution in [2.24, 2.45) is 5.84 Å². The summed E-state index contributed by atoms with van der Waals surface area (Å²) in [5, 5.41) is 0. The maximum Gasteiger partial charge on any atom is 0.161 e. The largest absolute Gasteiger partial charge is 0.486 e. The van der Waals surface area contributed by atoms with E-state index >= 15 is 0 Å². The van der Waals surface area contributed by atoms with E-state index in [0.717, 1.165) is 31.7 Å². The zero-order valence-corrected chi connectivity index (χ0v) is 14.1. The molecule has 7 heteroatoms. The first-order chi connectivity index (χ1) is 10.2. The predicted molar refractivity (Wildman–Crippen MR) is 86.2 cm³/mol. The number of halogens is 2. The summed E-state index contributed by atoms with van der Waals surface area (Å²) in [6.45, 7) is 1.13. The number of hydrogen-bond donors (Lipinski definition) is 2. The third kappa shape index (κ3) is 3.06. The van der Waals surface area contributed by atoms with Crippen molar-refractivity contribution < 1.29 is 9.47 Å². The Kier molecular flexibility index (Phi) is 4.44. The Hall–Kier alpha value is -1.15. The Morgan fingerprint density at radius 1 is 1.14 bits per heavy atom. The average Bonchev–Trinajstić information content (AvgIpc) is 2.50. The lowest BCUT2D eigenvalue weighted by Crippen LogP contribution is -2.30. The second kappa shape index (κ2) is 6.31. The fourth-order valence-electron chi connectivity index (χ4n) is 2.21. The van der Waals surface area contributed by atoms with E-state index in [0.29, 0.717) is 13.2 Å². The van der Waals surface area contributed by atoms with Crippen molar-refractivity contribution in [3.63, 3.8) is 0 Å². The van der Waals surface area contributed by atoms with Gasteiger partial charge in [0.15, 0.2) is 11.5 Å². The molecule has 3 rings (SSSR count). The van der Waals surface area contributed by atoms with Crippen LogP contribution >= 0.6 is 31.9 Å². The van der Waals surface area contributed by atoms with E-state index in [1.165, 1.54) is 0 Å². The normalized spacial score (nSPS) is 14.8. The van der Waals surface area contributed by atoms with Crippen molar-refractivity contribution in [3.05, 3.63) is 50.7 Å². The highest BCUT2D eigenvalue weighted by Gasteiger charge is 2.20. The van der Waals surface area contributed by atoms with Gasteiger partial charge in [-0.3, -0.25) is 10.8 Å². The second-order valence-corrected chi connectivity index (χ2v) is 6.29. The van der Waals surface area contributed by atoms with Gasteiger partial charge in [-0.2, -0.15) is 0 Å². The number of aromatic nitrogens is 1. The summed E-state index contributed by atoms with van der Waals surface area (Å²) in [6, 6.07) is 7.46. The van der Waals surface area contributed by atoms with E-state index in [1.807, 2.05) is 24.3 Å². The van der Waals surface area contributed by atoms with Crippen LogP contribution < -0.4 is 20.7 Å². The molecule has 1 aliphatic rings. The van der Waals surface area contributed by atoms with Crippen molar-refractivity contribution in [2.45, 2.75) is 6.04 Å². The quantitative estimate of drug-likeness (QED) is 0.596. The maximum atomic E-state index is 5.73. The lowest BCUT2D eigenvalue weighted by molar-refractivity contribution is 0.171. The fourth-order valence-corrected chi connectivity index (χ4v) is 3.43. The van der Waals surface area contributed by atoms with Gasteiger partial charge in [0.2, 0.25) is 0 Å². The van der Waals surface area contributed by atoms with Crippen LogP contribution in [0.3, 0.4) is 0 Å². The number of benzene rings is 1. The molecule has 0 aliphatic carbocycles. The number of pyridine rings is 1. The minimum absolute atomic E-state index is 0.247. The van der Waals surface area contributed by atoms with Crippen LogP contribution in [0.4, 0.5) is 0 Å². The smallest absolute Gasteiger partial charge is 0.161 e. The Morgan fingerprint density at radius 2 is 1.90 bits per heavy atom. The first-order valence-electron chi connectivity index (χ1n) is 6.35. The summed E-state index contributed by atoms with van der Waals surface area (Å²) < 4.78 is 12.9. The van der Waals surface area contributed by atoms with Gasteiger partial charge in [-0.25, -0.2) is 5.43 Å². The van der Waals surface area contributed by atoms with Crippen LogP contribution in [0.5, 0.6) is 11.5 Å². The van der Waals surface area contributed by atoms with E-state index in [1.54, 1.807) is 6.20 Å². The number of hydrogen-bond acceptors (Lipinski definition) is 5. The molecule has 1 aromatic heterocycles. The summed E-state index contributed by atoms with van der Waals surface area (Å²) in [5.74, 6) is 7.21. The summed E-state index contributed by atoms with van der Waals surface area (Å²) >= 11 is 6.91. The molecule has 0 bridgehead atoms. The SMILES string of the molecule is NNC(c1ccc2c(c1)OCCO2)c1ncc(Br)cc1Br. The first-order valence-corrected chi connectivity index (χ1v) is 7.94. The van der Waals surface area contributed by atoms with E-state index in [-0.39, 0.29) is 6.04 Å². The van der Waals surface area contributed by atoms with Crippen LogP contribution in [-0.2, 0) is 0 Å². The molecule has 0 amide bonds. The highest BCUT2D eigenvalue weighted by molar-refractivity contribution is 9.11. The maximum absolute atomic E-state index is 5.73. The van der Waals surface area contributed by atoms with E-state index in [4.69, 9.17) is 15.3 Å². The van der Waals surface area contributed by atoms with Crippen LogP contribution in [0.15, 0.2) is 39.4 Å². The van der Waals surface area contributed by atoms with Crippen molar-refractivity contribution in [2.75, 3.05) is 13.2 Å². The average molecular weight is 415 g/mol. The van der Waals surface area contributed by atoms with Crippen molar-refractivity contribution in [3.8, 4) is 11.5 Å². The minimum Gasteiger partial charge on any atom is -0.486 e. The lowest BCUT2D eigenvalue weighted by Gasteiger charge is -2.22. The summed E-state index contributed by atoms with van der Waals surface area (Å²) in [4.78, 5) is 4.43. The highest BCUT2D eigenvalue weighted by atomic mass is 79.9. The van der Waals surface area contributed by atoms with E-state index in [2.05, 4.69) is 42.3 Å². The molecule has 1 aromatic carbocycles. The number of nitrogens with two attached hydrogens (primary N) is 1. The van der Waals surface area contributed by atoms with Gasteiger partial charge < -0.3 is 9.47 Å². The number of nitrogens with one attached hydrogen (secondary N) is 1. The molecule has 0 fully saturated rings. The molecule has 0 radical (unpaired) electrons. The predicted octanol–water partition coefficient (Wildman–Crippen LogP) is 2.93. The fraction of sp³-hybridized carbons (Fsp3) is 0.214. The molecular weight excluding hydrogens is 402 g/mol. The molecular formula is C14H13Br2N3O2. The van der Waals surface area contributed by atoms with E-state index in [9.17, 15) is 0 Å². The highest BCUT2D eigenvalue weighted by Crippen LogP contribution is 2.35. The number of hydrazine groups is 1. The van der Waals surface area contributed by atoms with Gasteiger partial charge in [0.25, 0.3) is 0 Å². The number of fused-ring (bicyclic) bond motifs is 1. The van der Waals surface area contributed by atoms with Crippen molar-refractivity contribution >= 4 is 31.9 Å². The van der Waals surface area contributed by atoms with Gasteiger partial charge in [-0.1, -0.05) is 6.07 Å². The molecule has 2 aromatic rings. The first kappa shape index (κ1) is 14.8. The van der Waals surface area contributed by atoms with Gasteiger partial charge >= 0.3 is 0 Å². The van der Waals surface area contributed by atoms with Gasteiger partial charge in [-0.05, 0) is 55.6 Å². The van der Waals surface area contributed by atoms with Crippen LogP contribution in [0, 0.1) is 0 Å². The molecule has 0 saturated heterocycles. The van der Waals surface area contributed by atoms with E-state index < -0.39 is 0 Å². The van der Waals surface area contributed by atoms with Crippen LogP contribution in [0.1, 0.15) is 17.3 Å². The van der Waals surface area contributed by atoms with Crippen molar-refractivity contribution in [1.82, 2.24) is 10.4 Å². The molecule has 1 aliphatic heterocycles. The topological polar surface area (TPSA) is 69.4 Å². The Bertz CT molecular complexity index is 667. The molecule has 21 heavy (non-hydrogen) atoms. The minimum atomic E-state index is -0.247. The Labute approximate surface area is 139 Å². The molecule has 110 valence electrons. The summed E-state index contributed by atoms with van der Waals surface area (Å²) in [6.07, 6.45) is 1.74. The number of rotatable bonds is 3. The zero-order valence-electron chi connectivity index (χ0n) is 11.0. The van der Waals surface area contributed by atoms with Crippen molar-refractivity contribution in [1.29, 1.82) is 0 Å². The molecule has 3 N–H and O–H groups in total.